The number of hydrogen-bond donors (Lipinski definition) is 3. The van der Waals surface area contributed by atoms with Gasteiger partial charge in [0.2, 0.25) is 0 Å². The van der Waals surface area contributed by atoms with Gasteiger partial charge in [-0.15, -0.1) is 0 Å². The lowest BCUT2D eigenvalue weighted by Crippen LogP contribution is -2.42. The number of H-pyrrole nitrogens is 1. The monoisotopic (exact) mass is 475 g/mol. The van der Waals surface area contributed by atoms with Crippen LogP contribution in [0.2, 0.25) is 0 Å². The van der Waals surface area contributed by atoms with Crippen molar-refractivity contribution in [1.82, 2.24) is 14.8 Å². The van der Waals surface area contributed by atoms with E-state index in [1.807, 2.05) is 29.2 Å². The highest BCUT2D eigenvalue weighted by Crippen LogP contribution is 2.23. The van der Waals surface area contributed by atoms with Crippen LogP contribution in [-0.2, 0) is 0 Å². The van der Waals surface area contributed by atoms with Crippen molar-refractivity contribution in [3.8, 4) is 0 Å². The molecule has 1 amide bonds. The Morgan fingerprint density at radius 3 is 2.63 bits per heavy atom. The van der Waals surface area contributed by atoms with Crippen molar-refractivity contribution < 1.29 is 9.18 Å². The van der Waals surface area contributed by atoms with E-state index in [4.69, 9.17) is 5.73 Å². The first kappa shape index (κ1) is 23.1. The largest absolute Gasteiger partial charge is 0.397 e. The summed E-state index contributed by atoms with van der Waals surface area (Å²) in [7, 11) is 0. The molecule has 0 saturated carbocycles. The van der Waals surface area contributed by atoms with Crippen molar-refractivity contribution in [2.45, 2.75) is 31.7 Å². The van der Waals surface area contributed by atoms with Gasteiger partial charge in [0, 0.05) is 47.5 Å². The van der Waals surface area contributed by atoms with E-state index in [-0.39, 0.29) is 34.6 Å². The fourth-order valence-electron chi connectivity index (χ4n) is 5.06. The third-order valence-electron chi connectivity index (χ3n) is 6.95. The molecule has 0 aliphatic carbocycles. The second-order valence-electron chi connectivity index (χ2n) is 9.37. The van der Waals surface area contributed by atoms with E-state index >= 15 is 0 Å². The highest BCUT2D eigenvalue weighted by atomic mass is 19.1. The summed E-state index contributed by atoms with van der Waals surface area (Å²) >= 11 is 0. The maximum atomic E-state index is 13.6. The number of aromatic nitrogens is 1. The number of pyridine rings is 1. The maximum Gasteiger partial charge on any atom is 0.257 e. The number of nitrogens with one attached hydrogen (secondary N) is 2. The number of carbonyl (C=O) groups is 1. The molecule has 0 spiro atoms. The Morgan fingerprint density at radius 1 is 1.09 bits per heavy atom. The molecule has 2 fully saturated rings. The maximum absolute atomic E-state index is 13.6. The first-order valence-electron chi connectivity index (χ1n) is 12.2. The highest BCUT2D eigenvalue weighted by Gasteiger charge is 2.31. The van der Waals surface area contributed by atoms with Crippen LogP contribution < -0.4 is 16.6 Å². The van der Waals surface area contributed by atoms with Gasteiger partial charge in [-0.05, 0) is 87.3 Å². The van der Waals surface area contributed by atoms with Gasteiger partial charge >= 0.3 is 0 Å². The molecule has 2 aliphatic rings. The molecule has 0 unspecified atom stereocenters. The van der Waals surface area contributed by atoms with Gasteiger partial charge < -0.3 is 25.8 Å². The van der Waals surface area contributed by atoms with Crippen LogP contribution in [-0.4, -0.2) is 52.9 Å². The summed E-state index contributed by atoms with van der Waals surface area (Å²) < 4.78 is 13.6. The number of nitrogens with zero attached hydrogens (tertiary/aromatic N) is 2. The number of anilines is 1. The van der Waals surface area contributed by atoms with E-state index in [1.54, 1.807) is 6.07 Å². The van der Waals surface area contributed by atoms with E-state index in [0.29, 0.717) is 16.5 Å². The number of nitrogens with two attached hydrogens (primary N) is 1. The second kappa shape index (κ2) is 9.92. The lowest BCUT2D eigenvalue weighted by Gasteiger charge is -2.28. The Morgan fingerprint density at radius 2 is 1.86 bits per heavy atom. The van der Waals surface area contributed by atoms with Crippen LogP contribution in [0.25, 0.3) is 16.6 Å². The summed E-state index contributed by atoms with van der Waals surface area (Å²) in [6.07, 6.45) is 6.14. The molecule has 8 heteroatoms. The average Bonchev–Trinajstić information content (AvgIpc) is 3.55. The summed E-state index contributed by atoms with van der Waals surface area (Å²) in [6, 6.07) is 13.3. The van der Waals surface area contributed by atoms with Crippen LogP contribution in [0.1, 0.15) is 41.6 Å². The van der Waals surface area contributed by atoms with Crippen LogP contribution in [0.15, 0.2) is 59.5 Å². The third-order valence-corrected chi connectivity index (χ3v) is 6.95. The average molecular weight is 476 g/mol. The van der Waals surface area contributed by atoms with Crippen molar-refractivity contribution in [3.63, 3.8) is 0 Å². The molecule has 4 N–H and O–H groups in total. The molecule has 0 bridgehead atoms. The molecular weight excluding hydrogens is 445 g/mol. The lowest BCUT2D eigenvalue weighted by molar-refractivity contribution is 0.0709. The number of likely N-dealkylation sites (tertiary alicyclic amines) is 2. The van der Waals surface area contributed by atoms with Crippen LogP contribution in [0, 0.1) is 5.82 Å². The van der Waals surface area contributed by atoms with Gasteiger partial charge in [-0.1, -0.05) is 0 Å². The molecule has 35 heavy (non-hydrogen) atoms. The van der Waals surface area contributed by atoms with E-state index in [2.05, 4.69) is 15.2 Å². The Bertz CT molecular complexity index is 1310. The van der Waals surface area contributed by atoms with Gasteiger partial charge in [-0.25, -0.2) is 4.39 Å². The minimum Gasteiger partial charge on any atom is -0.397 e. The minimum atomic E-state index is -0.387. The zero-order valence-electron chi connectivity index (χ0n) is 19.6. The van der Waals surface area contributed by atoms with Crippen LogP contribution in [0.5, 0.6) is 0 Å². The Labute approximate surface area is 203 Å². The summed E-state index contributed by atoms with van der Waals surface area (Å²) in [6.45, 7) is 4.05. The van der Waals surface area contributed by atoms with Gasteiger partial charge in [0.05, 0.1) is 11.3 Å². The fraction of sp³-hybridized carbons (Fsp3) is 0.333. The van der Waals surface area contributed by atoms with Gasteiger partial charge in [0.1, 0.15) is 5.82 Å². The summed E-state index contributed by atoms with van der Waals surface area (Å²) in [5, 5.41) is 3.64. The molecule has 0 radical (unpaired) electrons. The quantitative estimate of drug-likeness (QED) is 0.505. The Balaban J connectivity index is 1.26. The molecule has 3 heterocycles. The number of carbonyl (C=O) groups excluding carboxylic acids is 1. The topological polar surface area (TPSA) is 94.5 Å². The van der Waals surface area contributed by atoms with E-state index in [0.717, 1.165) is 44.7 Å². The number of amides is 1. The summed E-state index contributed by atoms with van der Waals surface area (Å²) in [4.78, 5) is 32.8. The molecule has 1 atom stereocenters. The van der Waals surface area contributed by atoms with Crippen LogP contribution >= 0.6 is 0 Å². The zero-order chi connectivity index (χ0) is 24.4. The molecule has 2 saturated heterocycles. The van der Waals surface area contributed by atoms with Gasteiger partial charge in [0.25, 0.3) is 11.5 Å². The van der Waals surface area contributed by atoms with Crippen molar-refractivity contribution >= 4 is 28.2 Å². The highest BCUT2D eigenvalue weighted by molar-refractivity contribution is 5.95. The van der Waals surface area contributed by atoms with E-state index in [9.17, 15) is 14.0 Å². The van der Waals surface area contributed by atoms with Gasteiger partial charge in [-0.2, -0.15) is 0 Å². The van der Waals surface area contributed by atoms with Crippen molar-refractivity contribution in [2.75, 3.05) is 31.5 Å². The molecular formula is C27H30FN5O2. The van der Waals surface area contributed by atoms with Crippen molar-refractivity contribution in [2.24, 2.45) is 5.73 Å². The molecule has 5 rings (SSSR count). The molecule has 1 aromatic heterocycles. The zero-order valence-corrected chi connectivity index (χ0v) is 19.6. The first-order valence-corrected chi connectivity index (χ1v) is 12.2. The molecule has 7 nitrogen and oxygen atoms in total. The van der Waals surface area contributed by atoms with Crippen LogP contribution in [0.3, 0.4) is 0 Å². The number of aromatic amines is 1. The molecule has 3 aromatic rings. The number of rotatable bonds is 6. The molecule has 2 aliphatic heterocycles. The normalized spacial score (nSPS) is 18.9. The van der Waals surface area contributed by atoms with E-state index < -0.39 is 0 Å². The Kier molecular flexibility index (Phi) is 6.55. The second-order valence-corrected chi connectivity index (χ2v) is 9.37. The Hall–Kier alpha value is -3.65. The minimum absolute atomic E-state index is 0.0724. The number of halogens is 1. The standard InChI is InChI=1S/C27H30FN5O2/c28-20-7-10-25-19(14-20)15-23(26(34)31-25)24(29)16-30-21-8-5-18(6-9-21)27(35)33-13-3-4-22(33)17-32-11-1-2-12-32/h5-10,14-16,22,30H,1-4,11-13,17,29H2,(H,31,34)/b24-16-/t22-/m1/s1. The lowest BCUT2D eigenvalue weighted by atomic mass is 10.1. The predicted molar refractivity (Wildman–Crippen MR) is 136 cm³/mol. The van der Waals surface area contributed by atoms with E-state index in [1.165, 1.54) is 37.2 Å². The number of fused-ring (bicyclic) bond motifs is 1. The smallest absolute Gasteiger partial charge is 0.257 e. The van der Waals surface area contributed by atoms with Crippen LogP contribution in [0.4, 0.5) is 10.1 Å². The van der Waals surface area contributed by atoms with Gasteiger partial charge in [0.15, 0.2) is 0 Å². The van der Waals surface area contributed by atoms with Crippen molar-refractivity contribution in [3.05, 3.63) is 82.0 Å². The number of benzene rings is 2. The molecule has 2 aromatic carbocycles. The SMILES string of the molecule is N/C(=C\Nc1ccc(C(=O)N2CCC[C@@H]2CN2CCCC2)cc1)c1cc2cc(F)ccc2[nH]c1=O. The first-order chi connectivity index (χ1) is 17.0. The fourth-order valence-corrected chi connectivity index (χ4v) is 5.06. The predicted octanol–water partition coefficient (Wildman–Crippen LogP) is 3.74. The van der Waals surface area contributed by atoms with Gasteiger partial charge in [-0.3, -0.25) is 9.59 Å². The summed E-state index contributed by atoms with van der Waals surface area (Å²) in [5.74, 6) is -0.314. The van der Waals surface area contributed by atoms with Crippen molar-refractivity contribution in [1.29, 1.82) is 0 Å². The third kappa shape index (κ3) is 5.07. The number of hydrogen-bond acceptors (Lipinski definition) is 5. The summed E-state index contributed by atoms with van der Waals surface area (Å²) in [5.41, 5.74) is 8.20. The molecule has 182 valence electrons.